The Morgan fingerprint density at radius 1 is 1.13 bits per heavy atom. The van der Waals surface area contributed by atoms with E-state index in [4.69, 9.17) is 14.2 Å². The van der Waals surface area contributed by atoms with E-state index in [1.54, 1.807) is 0 Å². The van der Waals surface area contributed by atoms with Crippen LogP contribution in [0.3, 0.4) is 0 Å². The minimum atomic E-state index is -0.324. The summed E-state index contributed by atoms with van der Waals surface area (Å²) in [5, 5.41) is 0. The fraction of sp³-hybridized carbons (Fsp3) is 0.889. The van der Waals surface area contributed by atoms with Gasteiger partial charge >= 0.3 is 11.9 Å². The Kier molecular flexibility index (Phi) is 6.45. The highest BCUT2D eigenvalue weighted by Gasteiger charge is 2.45. The highest BCUT2D eigenvalue weighted by Crippen LogP contribution is 2.49. The topological polar surface area (TPSA) is 61.8 Å². The van der Waals surface area contributed by atoms with Crippen molar-refractivity contribution in [3.8, 4) is 0 Å². The molecule has 2 unspecified atom stereocenters. The first-order chi connectivity index (χ1) is 10.9. The fourth-order valence-electron chi connectivity index (χ4n) is 3.62. The lowest BCUT2D eigenvalue weighted by Crippen LogP contribution is -2.28. The molecule has 0 aliphatic heterocycles. The summed E-state index contributed by atoms with van der Waals surface area (Å²) >= 11 is 0. The van der Waals surface area contributed by atoms with Crippen LogP contribution in [0.4, 0.5) is 0 Å². The van der Waals surface area contributed by atoms with Crippen molar-refractivity contribution in [3.05, 3.63) is 0 Å². The van der Waals surface area contributed by atoms with Crippen LogP contribution in [0.25, 0.3) is 0 Å². The Morgan fingerprint density at radius 3 is 2.39 bits per heavy atom. The maximum atomic E-state index is 12.0. The Balaban J connectivity index is 1.56. The van der Waals surface area contributed by atoms with Gasteiger partial charge in [-0.25, -0.2) is 0 Å². The maximum absolute atomic E-state index is 12.0. The van der Waals surface area contributed by atoms with Crippen molar-refractivity contribution in [2.24, 2.45) is 17.8 Å². The normalized spacial score (nSPS) is 28.4. The number of rotatable bonds is 9. The number of fused-ring (bicyclic) bond motifs is 2. The molecule has 0 radical (unpaired) electrons. The predicted molar refractivity (Wildman–Crippen MR) is 85.8 cm³/mol. The van der Waals surface area contributed by atoms with E-state index in [2.05, 4.69) is 0 Å². The third-order valence-corrected chi connectivity index (χ3v) is 5.39. The number of ether oxygens (including phenoxy) is 3. The summed E-state index contributed by atoms with van der Waals surface area (Å²) < 4.78 is 16.3. The summed E-state index contributed by atoms with van der Waals surface area (Å²) in [6, 6.07) is 0. The van der Waals surface area contributed by atoms with Gasteiger partial charge in [0, 0.05) is 19.3 Å². The van der Waals surface area contributed by atoms with Crippen molar-refractivity contribution in [1.29, 1.82) is 0 Å². The van der Waals surface area contributed by atoms with E-state index < -0.39 is 0 Å². The summed E-state index contributed by atoms with van der Waals surface area (Å²) in [5.41, 5.74) is 0.139. The first-order valence-corrected chi connectivity index (χ1v) is 8.86. The van der Waals surface area contributed by atoms with Crippen molar-refractivity contribution < 1.29 is 23.8 Å². The van der Waals surface area contributed by atoms with E-state index in [1.165, 1.54) is 39.0 Å². The zero-order chi connectivity index (χ0) is 16.9. The molecular weight excluding hydrogens is 296 g/mol. The van der Waals surface area contributed by atoms with Crippen LogP contribution in [0.15, 0.2) is 0 Å². The van der Waals surface area contributed by atoms with Crippen LogP contribution < -0.4 is 0 Å². The van der Waals surface area contributed by atoms with Crippen molar-refractivity contribution >= 4 is 11.9 Å². The molecule has 0 amide bonds. The van der Waals surface area contributed by atoms with Gasteiger partial charge in [0.05, 0.1) is 31.3 Å². The van der Waals surface area contributed by atoms with E-state index in [0.717, 1.165) is 12.3 Å². The number of hydrogen-bond acceptors (Lipinski definition) is 5. The molecule has 2 rings (SSSR count). The average Bonchev–Trinajstić information content (AvgIpc) is 3.12. The van der Waals surface area contributed by atoms with Crippen molar-refractivity contribution in [2.75, 3.05) is 19.8 Å². The molecule has 5 nitrogen and oxygen atoms in total. The van der Waals surface area contributed by atoms with E-state index in [9.17, 15) is 9.59 Å². The minimum Gasteiger partial charge on any atom is -0.466 e. The molecule has 0 N–H and O–H groups in total. The van der Waals surface area contributed by atoms with Crippen molar-refractivity contribution in [3.63, 3.8) is 0 Å². The molecule has 2 bridgehead atoms. The fourth-order valence-corrected chi connectivity index (χ4v) is 3.62. The molecule has 5 heteroatoms. The maximum Gasteiger partial charge on any atom is 0.309 e. The Morgan fingerprint density at radius 2 is 1.83 bits per heavy atom. The van der Waals surface area contributed by atoms with Crippen LogP contribution in [0.2, 0.25) is 0 Å². The third-order valence-electron chi connectivity index (χ3n) is 5.39. The van der Waals surface area contributed by atoms with Crippen LogP contribution in [-0.2, 0) is 23.8 Å². The predicted octanol–water partition coefficient (Wildman–Crippen LogP) is 3.10. The molecule has 23 heavy (non-hydrogen) atoms. The molecule has 0 aromatic heterocycles. The largest absolute Gasteiger partial charge is 0.466 e. The molecular formula is C18H30O5. The molecule has 2 atom stereocenters. The molecule has 0 saturated heterocycles. The quantitative estimate of drug-likeness (QED) is 0.481. The molecule has 0 aromatic carbocycles. The van der Waals surface area contributed by atoms with E-state index in [-0.39, 0.29) is 36.0 Å². The highest BCUT2D eigenvalue weighted by atomic mass is 16.5. The standard InChI is InChI=1S/C18H30O5/c1-13(12-22-15(3)19)14(2)17(20)21-9-4-10-23-18-7-5-16(11-18)6-8-18/h13-14,16H,4-12H2,1-3H3. The number of carbonyl (C=O) groups excluding carboxylic acids is 2. The van der Waals surface area contributed by atoms with E-state index in [0.29, 0.717) is 13.2 Å². The summed E-state index contributed by atoms with van der Waals surface area (Å²) in [4.78, 5) is 22.8. The molecule has 132 valence electrons. The zero-order valence-electron chi connectivity index (χ0n) is 14.6. The minimum absolute atomic E-state index is 0.0459. The lowest BCUT2D eigenvalue weighted by Gasteiger charge is -2.27. The molecule has 0 aromatic rings. The van der Waals surface area contributed by atoms with Gasteiger partial charge in [-0.3, -0.25) is 9.59 Å². The van der Waals surface area contributed by atoms with Gasteiger partial charge in [0.2, 0.25) is 0 Å². The number of carbonyl (C=O) groups is 2. The molecule has 2 fully saturated rings. The molecule has 2 aliphatic carbocycles. The van der Waals surface area contributed by atoms with Crippen LogP contribution in [0.1, 0.15) is 59.3 Å². The van der Waals surface area contributed by atoms with Crippen LogP contribution in [-0.4, -0.2) is 37.4 Å². The summed E-state index contributed by atoms with van der Waals surface area (Å²) in [6.45, 7) is 6.36. The second-order valence-corrected chi connectivity index (χ2v) is 7.27. The van der Waals surface area contributed by atoms with Gasteiger partial charge in [-0.15, -0.1) is 0 Å². The second-order valence-electron chi connectivity index (χ2n) is 7.27. The lowest BCUT2D eigenvalue weighted by molar-refractivity contribution is -0.153. The Labute approximate surface area is 139 Å². The first kappa shape index (κ1) is 18.2. The SMILES string of the molecule is CC(=O)OCC(C)C(C)C(=O)OCCCOC12CCC(CC1)C2. The summed E-state index contributed by atoms with van der Waals surface area (Å²) in [7, 11) is 0. The zero-order valence-corrected chi connectivity index (χ0v) is 14.6. The van der Waals surface area contributed by atoms with Gasteiger partial charge in [0.1, 0.15) is 0 Å². The summed E-state index contributed by atoms with van der Waals surface area (Å²) in [5.74, 6) is 0.00161. The smallest absolute Gasteiger partial charge is 0.309 e. The van der Waals surface area contributed by atoms with Gasteiger partial charge in [0.25, 0.3) is 0 Å². The molecule has 2 saturated carbocycles. The van der Waals surface area contributed by atoms with Crippen molar-refractivity contribution in [1.82, 2.24) is 0 Å². The van der Waals surface area contributed by atoms with E-state index >= 15 is 0 Å². The molecule has 0 heterocycles. The van der Waals surface area contributed by atoms with Gasteiger partial charge in [-0.05, 0) is 38.0 Å². The second kappa shape index (κ2) is 8.13. The average molecular weight is 326 g/mol. The van der Waals surface area contributed by atoms with E-state index in [1.807, 2.05) is 13.8 Å². The van der Waals surface area contributed by atoms with Gasteiger partial charge in [-0.1, -0.05) is 13.8 Å². The van der Waals surface area contributed by atoms with Crippen molar-refractivity contribution in [2.45, 2.75) is 64.9 Å². The first-order valence-electron chi connectivity index (χ1n) is 8.86. The lowest BCUT2D eigenvalue weighted by atomic mass is 9.97. The highest BCUT2D eigenvalue weighted by molar-refractivity contribution is 5.72. The molecule has 2 aliphatic rings. The van der Waals surface area contributed by atoms with Crippen LogP contribution >= 0.6 is 0 Å². The Bertz CT molecular complexity index is 412. The molecule has 0 spiro atoms. The van der Waals surface area contributed by atoms with Gasteiger partial charge in [-0.2, -0.15) is 0 Å². The van der Waals surface area contributed by atoms with Gasteiger partial charge < -0.3 is 14.2 Å². The van der Waals surface area contributed by atoms with Crippen LogP contribution in [0.5, 0.6) is 0 Å². The number of hydrogen-bond donors (Lipinski definition) is 0. The number of esters is 2. The Hall–Kier alpha value is -1.10. The third kappa shape index (κ3) is 5.20. The van der Waals surface area contributed by atoms with Gasteiger partial charge in [0.15, 0.2) is 0 Å². The summed E-state index contributed by atoms with van der Waals surface area (Å²) in [6.07, 6.45) is 6.98. The van der Waals surface area contributed by atoms with Crippen LogP contribution in [0, 0.1) is 17.8 Å². The monoisotopic (exact) mass is 326 g/mol.